The maximum Gasteiger partial charge on any atom is 0.319 e. The Hall–Kier alpha value is -3.33. The third-order valence-corrected chi connectivity index (χ3v) is 6.78. The van der Waals surface area contributed by atoms with Crippen LogP contribution in [0.4, 0.5) is 10.5 Å². The molecule has 0 saturated carbocycles. The summed E-state index contributed by atoms with van der Waals surface area (Å²) in [5.74, 6) is 0.323. The molecule has 1 aromatic heterocycles. The summed E-state index contributed by atoms with van der Waals surface area (Å²) >= 11 is 0. The summed E-state index contributed by atoms with van der Waals surface area (Å²) in [7, 11) is -3.57. The molecule has 2 aromatic carbocycles. The number of rotatable bonds is 12. The molecule has 0 aliphatic carbocycles. The van der Waals surface area contributed by atoms with E-state index in [1.807, 2.05) is 43.6 Å². The number of urea groups is 1. The van der Waals surface area contributed by atoms with Crippen molar-refractivity contribution in [3.63, 3.8) is 0 Å². The molecule has 0 aliphatic rings. The van der Waals surface area contributed by atoms with E-state index in [2.05, 4.69) is 27.1 Å². The first kappa shape index (κ1) is 26.3. The van der Waals surface area contributed by atoms with Crippen LogP contribution in [-0.2, 0) is 16.4 Å². The molecule has 188 valence electrons. The molecule has 3 aromatic rings. The molecule has 0 aliphatic heterocycles. The first-order chi connectivity index (χ1) is 16.8. The van der Waals surface area contributed by atoms with Crippen molar-refractivity contribution in [2.45, 2.75) is 51.0 Å². The molecule has 9 heteroatoms. The number of aryl methyl sites for hydroxylation is 1. The highest BCUT2D eigenvalue weighted by Gasteiger charge is 2.19. The largest absolute Gasteiger partial charge is 0.491 e. The van der Waals surface area contributed by atoms with Crippen LogP contribution >= 0.6 is 0 Å². The molecule has 0 atom stereocenters. The Morgan fingerprint density at radius 1 is 1.06 bits per heavy atom. The molecule has 1 heterocycles. The van der Waals surface area contributed by atoms with E-state index in [4.69, 9.17) is 4.74 Å². The van der Waals surface area contributed by atoms with Gasteiger partial charge in [-0.2, -0.15) is 0 Å². The summed E-state index contributed by atoms with van der Waals surface area (Å²) in [6.07, 6.45) is 6.53. The average Bonchev–Trinajstić information content (AvgIpc) is 3.20. The second kappa shape index (κ2) is 12.4. The number of nitrogens with one attached hydrogen (secondary N) is 2. The fourth-order valence-electron chi connectivity index (χ4n) is 3.76. The van der Waals surface area contributed by atoms with E-state index in [9.17, 15) is 13.2 Å². The van der Waals surface area contributed by atoms with Gasteiger partial charge in [-0.1, -0.05) is 56.2 Å². The summed E-state index contributed by atoms with van der Waals surface area (Å²) in [6.45, 7) is 5.68. The second-order valence-electron chi connectivity index (χ2n) is 8.43. The normalized spacial score (nSPS) is 11.3. The van der Waals surface area contributed by atoms with Crippen molar-refractivity contribution in [2.24, 2.45) is 0 Å². The number of nitrogens with zero attached hydrogens (tertiary/aromatic N) is 2. The number of carbonyl (C=O) groups is 1. The molecule has 2 amide bonds. The summed E-state index contributed by atoms with van der Waals surface area (Å²) < 4.78 is 32.6. The van der Waals surface area contributed by atoms with Gasteiger partial charge in [-0.25, -0.2) is 18.2 Å². The Kier molecular flexibility index (Phi) is 9.31. The SMILES string of the molecule is CCCCCNC(=O)Nc1c(OCCCn2cnc(-c3ccccc3)c2C)cccc1S(C)(=O)=O. The molecule has 0 fully saturated rings. The van der Waals surface area contributed by atoms with Crippen molar-refractivity contribution < 1.29 is 17.9 Å². The highest BCUT2D eigenvalue weighted by Crippen LogP contribution is 2.32. The van der Waals surface area contributed by atoms with E-state index >= 15 is 0 Å². The highest BCUT2D eigenvalue weighted by molar-refractivity contribution is 7.90. The van der Waals surface area contributed by atoms with Crippen LogP contribution in [0, 0.1) is 6.92 Å². The number of imidazole rings is 1. The van der Waals surface area contributed by atoms with E-state index in [1.54, 1.807) is 12.1 Å². The Labute approximate surface area is 207 Å². The number of amides is 2. The van der Waals surface area contributed by atoms with Gasteiger partial charge < -0.3 is 19.9 Å². The zero-order valence-electron chi connectivity index (χ0n) is 20.6. The van der Waals surface area contributed by atoms with Crippen LogP contribution < -0.4 is 15.4 Å². The molecule has 2 N–H and O–H groups in total. The fourth-order valence-corrected chi connectivity index (χ4v) is 4.61. The monoisotopic (exact) mass is 498 g/mol. The van der Waals surface area contributed by atoms with E-state index in [0.717, 1.165) is 42.5 Å². The van der Waals surface area contributed by atoms with Crippen molar-refractivity contribution in [1.82, 2.24) is 14.9 Å². The highest BCUT2D eigenvalue weighted by atomic mass is 32.2. The minimum absolute atomic E-state index is 0.0247. The number of sulfone groups is 1. The molecular weight excluding hydrogens is 464 g/mol. The first-order valence-electron chi connectivity index (χ1n) is 11.9. The lowest BCUT2D eigenvalue weighted by Gasteiger charge is -2.16. The van der Waals surface area contributed by atoms with Crippen LogP contribution in [0.25, 0.3) is 11.3 Å². The minimum Gasteiger partial charge on any atom is -0.491 e. The molecule has 35 heavy (non-hydrogen) atoms. The number of hydrogen-bond donors (Lipinski definition) is 2. The maximum absolute atomic E-state index is 12.4. The van der Waals surface area contributed by atoms with Crippen molar-refractivity contribution >= 4 is 21.6 Å². The number of ether oxygens (including phenoxy) is 1. The number of benzene rings is 2. The minimum atomic E-state index is -3.57. The molecule has 0 unspecified atom stereocenters. The number of carbonyl (C=O) groups excluding carboxylic acids is 1. The Morgan fingerprint density at radius 2 is 1.83 bits per heavy atom. The lowest BCUT2D eigenvalue weighted by molar-refractivity contribution is 0.251. The molecule has 0 saturated heterocycles. The van der Waals surface area contributed by atoms with Crippen LogP contribution in [0.5, 0.6) is 5.75 Å². The van der Waals surface area contributed by atoms with E-state index in [0.29, 0.717) is 31.9 Å². The Bertz CT molecular complexity index is 1220. The van der Waals surface area contributed by atoms with E-state index in [1.165, 1.54) is 6.07 Å². The van der Waals surface area contributed by atoms with E-state index in [-0.39, 0.29) is 10.6 Å². The summed E-state index contributed by atoms with van der Waals surface area (Å²) in [5.41, 5.74) is 3.25. The van der Waals surface area contributed by atoms with Crippen LogP contribution in [0.1, 0.15) is 38.3 Å². The van der Waals surface area contributed by atoms with Gasteiger partial charge in [0.05, 0.1) is 23.5 Å². The second-order valence-corrected chi connectivity index (χ2v) is 10.4. The zero-order chi connectivity index (χ0) is 25.3. The third-order valence-electron chi connectivity index (χ3n) is 5.64. The van der Waals surface area contributed by atoms with Gasteiger partial charge in [-0.3, -0.25) is 0 Å². The van der Waals surface area contributed by atoms with Gasteiger partial charge in [0.15, 0.2) is 9.84 Å². The van der Waals surface area contributed by atoms with Crippen molar-refractivity contribution in [3.05, 3.63) is 60.6 Å². The van der Waals surface area contributed by atoms with Gasteiger partial charge in [0.25, 0.3) is 0 Å². The lowest BCUT2D eigenvalue weighted by Crippen LogP contribution is -2.30. The number of para-hydroxylation sites is 1. The Balaban J connectivity index is 1.65. The standard InChI is InChI=1S/C26H34N4O4S/c1-4-5-9-16-27-26(31)29-25-22(14-10-15-23(25)35(3,32)33)34-18-11-17-30-19-28-24(20(30)2)21-12-7-6-8-13-21/h6-8,10,12-15,19H,4-5,9,11,16-18H2,1-3H3,(H2,27,29,31). The topological polar surface area (TPSA) is 102 Å². The van der Waals surface area contributed by atoms with E-state index < -0.39 is 15.9 Å². The first-order valence-corrected chi connectivity index (χ1v) is 13.8. The predicted octanol–water partition coefficient (Wildman–Crippen LogP) is 5.04. The smallest absolute Gasteiger partial charge is 0.319 e. The van der Waals surface area contributed by atoms with Gasteiger partial charge >= 0.3 is 6.03 Å². The molecule has 0 spiro atoms. The van der Waals surface area contributed by atoms with Crippen LogP contribution in [0.3, 0.4) is 0 Å². The molecule has 0 bridgehead atoms. The van der Waals surface area contributed by atoms with Crippen LogP contribution in [-0.4, -0.2) is 43.4 Å². The molecular formula is C26H34N4O4S. The summed E-state index contributed by atoms with van der Waals surface area (Å²) in [6, 6.07) is 14.3. The summed E-state index contributed by atoms with van der Waals surface area (Å²) in [4.78, 5) is 17.0. The molecule has 8 nitrogen and oxygen atoms in total. The van der Waals surface area contributed by atoms with Crippen molar-refractivity contribution in [3.8, 4) is 17.0 Å². The van der Waals surface area contributed by atoms with Gasteiger partial charge in [0.1, 0.15) is 11.4 Å². The van der Waals surface area contributed by atoms with Gasteiger partial charge in [0, 0.05) is 30.6 Å². The zero-order valence-corrected chi connectivity index (χ0v) is 21.4. The fraction of sp³-hybridized carbons (Fsp3) is 0.385. The third kappa shape index (κ3) is 7.32. The van der Waals surface area contributed by atoms with Gasteiger partial charge in [-0.05, 0) is 31.9 Å². The van der Waals surface area contributed by atoms with Crippen molar-refractivity contribution in [1.29, 1.82) is 0 Å². The molecule has 0 radical (unpaired) electrons. The van der Waals surface area contributed by atoms with Crippen molar-refractivity contribution in [2.75, 3.05) is 24.7 Å². The number of anilines is 1. The summed E-state index contributed by atoms with van der Waals surface area (Å²) in [5, 5.41) is 5.45. The molecule has 3 rings (SSSR count). The van der Waals surface area contributed by atoms with Gasteiger partial charge in [-0.15, -0.1) is 0 Å². The van der Waals surface area contributed by atoms with Crippen LogP contribution in [0.2, 0.25) is 0 Å². The number of aromatic nitrogens is 2. The van der Waals surface area contributed by atoms with Crippen LogP contribution in [0.15, 0.2) is 59.8 Å². The lowest BCUT2D eigenvalue weighted by atomic mass is 10.1. The number of unbranched alkanes of at least 4 members (excludes halogenated alkanes) is 2. The van der Waals surface area contributed by atoms with Gasteiger partial charge in [0.2, 0.25) is 0 Å². The number of hydrogen-bond acceptors (Lipinski definition) is 5. The predicted molar refractivity (Wildman–Crippen MR) is 139 cm³/mol. The quantitative estimate of drug-likeness (QED) is 0.341. The average molecular weight is 499 g/mol. The Morgan fingerprint density at radius 3 is 2.54 bits per heavy atom. The maximum atomic E-state index is 12.4.